The van der Waals surface area contributed by atoms with E-state index in [2.05, 4.69) is 125 Å². The van der Waals surface area contributed by atoms with Gasteiger partial charge in [-0.1, -0.05) is 118 Å². The average molecular weight is 500 g/mol. The molecule has 2 aliphatic carbocycles. The molecule has 170 valence electrons. The Hall–Kier alpha value is -2.12. The lowest BCUT2D eigenvalue weighted by Crippen LogP contribution is -2.11. The van der Waals surface area contributed by atoms with E-state index in [1.807, 2.05) is 0 Å². The molecule has 0 bridgehead atoms. The van der Waals surface area contributed by atoms with Crippen molar-refractivity contribution in [1.82, 2.24) is 0 Å². The Morgan fingerprint density at radius 2 is 1.24 bits per heavy atom. The van der Waals surface area contributed by atoms with E-state index in [1.165, 1.54) is 54.6 Å². The van der Waals surface area contributed by atoms with Crippen molar-refractivity contribution in [2.45, 2.75) is 77.6 Å². The van der Waals surface area contributed by atoms with Gasteiger partial charge in [-0.05, 0) is 74.7 Å². The van der Waals surface area contributed by atoms with Crippen LogP contribution in [0.3, 0.4) is 0 Å². The second-order valence-electron chi connectivity index (χ2n) is 12.1. The normalized spacial score (nSPS) is 17.6. The van der Waals surface area contributed by atoms with Crippen LogP contribution in [0.25, 0.3) is 17.2 Å². The van der Waals surface area contributed by atoms with Crippen molar-refractivity contribution in [3.63, 3.8) is 0 Å². The van der Waals surface area contributed by atoms with E-state index in [4.69, 9.17) is 0 Å². The van der Waals surface area contributed by atoms with Gasteiger partial charge in [0.25, 0.3) is 0 Å². The quantitative estimate of drug-likeness (QED) is 0.329. The van der Waals surface area contributed by atoms with Crippen molar-refractivity contribution in [3.05, 3.63) is 98.0 Å². The van der Waals surface area contributed by atoms with Crippen LogP contribution >= 0.6 is 15.9 Å². The maximum atomic E-state index is 3.77. The van der Waals surface area contributed by atoms with Crippen LogP contribution in [0.2, 0.25) is 0 Å². The van der Waals surface area contributed by atoms with E-state index in [1.54, 1.807) is 0 Å². The van der Waals surface area contributed by atoms with Crippen molar-refractivity contribution in [1.29, 1.82) is 0 Å². The Kier molecular flexibility index (Phi) is 5.29. The Morgan fingerprint density at radius 3 is 1.76 bits per heavy atom. The molecule has 0 radical (unpaired) electrons. The summed E-state index contributed by atoms with van der Waals surface area (Å²) in [5.41, 5.74) is 13.3. The first-order valence-electron chi connectivity index (χ1n) is 12.2. The number of benzene rings is 3. The van der Waals surface area contributed by atoms with Crippen LogP contribution in [0.15, 0.2) is 64.6 Å². The van der Waals surface area contributed by atoms with Crippen molar-refractivity contribution in [2.24, 2.45) is 0 Å². The predicted octanol–water partition coefficient (Wildman–Crippen LogP) is 9.75. The van der Waals surface area contributed by atoms with Crippen LogP contribution in [-0.2, 0) is 10.8 Å². The molecule has 0 heterocycles. The first-order chi connectivity index (χ1) is 15.4. The van der Waals surface area contributed by atoms with Gasteiger partial charge in [0.2, 0.25) is 0 Å². The van der Waals surface area contributed by atoms with Gasteiger partial charge >= 0.3 is 0 Å². The molecule has 0 saturated heterocycles. The molecule has 0 aromatic heterocycles. The summed E-state index contributed by atoms with van der Waals surface area (Å²) in [4.78, 5) is 0. The Labute approximate surface area is 208 Å². The predicted molar refractivity (Wildman–Crippen MR) is 146 cm³/mol. The highest BCUT2D eigenvalue weighted by Gasteiger charge is 2.35. The molecule has 3 aromatic rings. The van der Waals surface area contributed by atoms with Crippen LogP contribution in [0.4, 0.5) is 0 Å². The van der Waals surface area contributed by atoms with Gasteiger partial charge in [0, 0.05) is 16.3 Å². The molecule has 0 amide bonds. The fourth-order valence-electron chi connectivity index (χ4n) is 5.67. The molecule has 0 N–H and O–H groups in total. The highest BCUT2D eigenvalue weighted by atomic mass is 79.9. The summed E-state index contributed by atoms with van der Waals surface area (Å²) in [5.74, 6) is 0.891. The number of hydrogen-bond donors (Lipinski definition) is 0. The van der Waals surface area contributed by atoms with Crippen LogP contribution in [0.5, 0.6) is 0 Å². The number of hydrogen-bond acceptors (Lipinski definition) is 0. The van der Waals surface area contributed by atoms with E-state index in [9.17, 15) is 0 Å². The fourth-order valence-corrected chi connectivity index (χ4v) is 6.17. The van der Waals surface area contributed by atoms with Crippen LogP contribution < -0.4 is 0 Å². The largest absolute Gasteiger partial charge is 0.0651 e. The topological polar surface area (TPSA) is 0 Å². The first kappa shape index (κ1) is 22.7. The molecule has 1 heteroatoms. The first-order valence-corrected chi connectivity index (χ1v) is 13.0. The van der Waals surface area contributed by atoms with Crippen LogP contribution in [-0.4, -0.2) is 0 Å². The lowest BCUT2D eigenvalue weighted by atomic mass is 9.81. The molecule has 33 heavy (non-hydrogen) atoms. The van der Waals surface area contributed by atoms with Gasteiger partial charge in [-0.2, -0.15) is 0 Å². The summed E-state index contributed by atoms with van der Waals surface area (Å²) >= 11 is 3.77. The molecule has 1 atom stereocenters. The van der Waals surface area contributed by atoms with Gasteiger partial charge < -0.3 is 0 Å². The molecule has 1 unspecified atom stereocenters. The SMILES string of the molecule is CC1=Cc2c(Br)cccc2C1CC1c2ccc(C(C)(C)C)cc2-c2cc(C(C)(C)C)ccc21. The van der Waals surface area contributed by atoms with Crippen molar-refractivity contribution < 1.29 is 0 Å². The molecule has 0 nitrogen and oxygen atoms in total. The molecule has 2 aliphatic rings. The fraction of sp³-hybridized carbons (Fsp3) is 0.375. The minimum Gasteiger partial charge on any atom is -0.0651 e. The summed E-state index contributed by atoms with van der Waals surface area (Å²) in [6.07, 6.45) is 3.50. The summed E-state index contributed by atoms with van der Waals surface area (Å²) in [7, 11) is 0. The average Bonchev–Trinajstić information content (AvgIpc) is 3.22. The second kappa shape index (κ2) is 7.70. The zero-order chi connectivity index (χ0) is 23.7. The lowest BCUT2D eigenvalue weighted by molar-refractivity contribution is 0.589. The monoisotopic (exact) mass is 498 g/mol. The van der Waals surface area contributed by atoms with E-state index in [0.29, 0.717) is 11.8 Å². The maximum absolute atomic E-state index is 3.77. The zero-order valence-corrected chi connectivity index (χ0v) is 22.6. The summed E-state index contributed by atoms with van der Waals surface area (Å²) < 4.78 is 1.21. The third kappa shape index (κ3) is 3.83. The number of halogens is 1. The summed E-state index contributed by atoms with van der Waals surface area (Å²) in [6, 6.07) is 21.2. The number of allylic oxidation sites excluding steroid dienone is 1. The Bertz CT molecular complexity index is 1210. The summed E-state index contributed by atoms with van der Waals surface area (Å²) in [5, 5.41) is 0. The van der Waals surface area contributed by atoms with E-state index < -0.39 is 0 Å². The molecular weight excluding hydrogens is 464 g/mol. The highest BCUT2D eigenvalue weighted by Crippen LogP contribution is 2.53. The van der Waals surface area contributed by atoms with E-state index in [-0.39, 0.29) is 10.8 Å². The van der Waals surface area contributed by atoms with Gasteiger partial charge in [0.1, 0.15) is 0 Å². The zero-order valence-electron chi connectivity index (χ0n) is 21.0. The van der Waals surface area contributed by atoms with Crippen LogP contribution in [0.1, 0.15) is 100 Å². The van der Waals surface area contributed by atoms with Crippen LogP contribution in [0, 0.1) is 0 Å². The Morgan fingerprint density at radius 1 is 0.697 bits per heavy atom. The Balaban J connectivity index is 1.64. The standard InChI is InChI=1S/C32H35Br/c1-19-15-29-22(9-8-10-30(29)33)25(19)18-28-23-13-11-20(31(2,3)4)16-26(23)27-17-21(32(5,6)7)12-14-24(27)28/h8-17,25,28H,18H2,1-7H3. The molecule has 0 fully saturated rings. The van der Waals surface area contributed by atoms with Crippen molar-refractivity contribution >= 4 is 22.0 Å². The van der Waals surface area contributed by atoms with Gasteiger partial charge in [-0.25, -0.2) is 0 Å². The molecule has 0 spiro atoms. The third-order valence-electron chi connectivity index (χ3n) is 7.73. The molecule has 0 aliphatic heterocycles. The van der Waals surface area contributed by atoms with Crippen molar-refractivity contribution in [2.75, 3.05) is 0 Å². The van der Waals surface area contributed by atoms with Gasteiger partial charge in [0.05, 0.1) is 0 Å². The molecule has 0 saturated carbocycles. The smallest absolute Gasteiger partial charge is 0.0250 e. The van der Waals surface area contributed by atoms with Gasteiger partial charge in [-0.3, -0.25) is 0 Å². The highest BCUT2D eigenvalue weighted by molar-refractivity contribution is 9.10. The van der Waals surface area contributed by atoms with Gasteiger partial charge in [0.15, 0.2) is 0 Å². The minimum absolute atomic E-state index is 0.144. The van der Waals surface area contributed by atoms with Gasteiger partial charge in [-0.15, -0.1) is 0 Å². The number of rotatable bonds is 2. The molecule has 3 aromatic carbocycles. The second-order valence-corrected chi connectivity index (χ2v) is 12.9. The molecule has 5 rings (SSSR count). The minimum atomic E-state index is 0.144. The lowest BCUT2D eigenvalue weighted by Gasteiger charge is -2.23. The maximum Gasteiger partial charge on any atom is 0.0250 e. The molecular formula is C32H35Br. The van der Waals surface area contributed by atoms with E-state index in [0.717, 1.165) is 6.42 Å². The number of fused-ring (bicyclic) bond motifs is 4. The van der Waals surface area contributed by atoms with Crippen molar-refractivity contribution in [3.8, 4) is 11.1 Å². The third-order valence-corrected chi connectivity index (χ3v) is 8.43. The van der Waals surface area contributed by atoms with E-state index >= 15 is 0 Å². The summed E-state index contributed by atoms with van der Waals surface area (Å²) in [6.45, 7) is 16.2.